The average molecular weight is 614 g/mol. The lowest BCUT2D eigenvalue weighted by molar-refractivity contribution is 0.675. The summed E-state index contributed by atoms with van der Waals surface area (Å²) in [7, 11) is 0. The van der Waals surface area contributed by atoms with Crippen molar-refractivity contribution in [2.24, 2.45) is 9.98 Å². The molecule has 3 heteroatoms. The number of hydrogen-bond acceptors (Lipinski definition) is 3. The standard InChI is InChI=1S/C45H31N3/c1-2-8-30(9-3-1)33-14-16-34(17-15-33)37-20-21-39-29-42(25-22-38(39)26-37)45-47-43(40-23-18-31-10-4-6-12-35(31)27-40)46-44(48-45)41-24-19-32-11-5-7-13-36(32)28-41/h1-29,43H,(H,46,47,48). The average Bonchev–Trinajstić information content (AvgIpc) is 3.17. The number of nitrogens with zero attached hydrogens (tertiary/aromatic N) is 2. The molecule has 0 saturated carbocycles. The van der Waals surface area contributed by atoms with Crippen molar-refractivity contribution in [2.45, 2.75) is 6.17 Å². The van der Waals surface area contributed by atoms with E-state index in [9.17, 15) is 0 Å². The highest BCUT2D eigenvalue weighted by Gasteiger charge is 2.22. The van der Waals surface area contributed by atoms with Crippen LogP contribution in [0.3, 0.4) is 0 Å². The number of amidine groups is 2. The fourth-order valence-corrected chi connectivity index (χ4v) is 6.66. The molecule has 9 rings (SSSR count). The molecule has 0 radical (unpaired) electrons. The molecule has 8 aromatic rings. The lowest BCUT2D eigenvalue weighted by atomic mass is 9.97. The number of nitrogens with one attached hydrogen (secondary N) is 1. The predicted molar refractivity (Wildman–Crippen MR) is 202 cm³/mol. The Kier molecular flexibility index (Phi) is 6.87. The van der Waals surface area contributed by atoms with Crippen molar-refractivity contribution >= 4 is 44.0 Å². The van der Waals surface area contributed by atoms with Gasteiger partial charge in [0.2, 0.25) is 0 Å². The minimum Gasteiger partial charge on any atom is -0.344 e. The second-order valence-corrected chi connectivity index (χ2v) is 12.3. The molecule has 0 fully saturated rings. The molecule has 226 valence electrons. The molecule has 1 N–H and O–H groups in total. The summed E-state index contributed by atoms with van der Waals surface area (Å²) in [6.45, 7) is 0. The van der Waals surface area contributed by atoms with Crippen LogP contribution in [0.2, 0.25) is 0 Å². The first kappa shape index (κ1) is 27.9. The molecule has 1 atom stereocenters. The zero-order chi connectivity index (χ0) is 31.9. The Bertz CT molecular complexity index is 2530. The minimum absolute atomic E-state index is 0.277. The molecule has 1 aliphatic heterocycles. The minimum atomic E-state index is -0.277. The van der Waals surface area contributed by atoms with Crippen LogP contribution < -0.4 is 5.32 Å². The van der Waals surface area contributed by atoms with Gasteiger partial charge in [-0.2, -0.15) is 0 Å². The van der Waals surface area contributed by atoms with Crippen LogP contribution in [0.4, 0.5) is 0 Å². The topological polar surface area (TPSA) is 36.8 Å². The van der Waals surface area contributed by atoms with Crippen LogP contribution in [-0.4, -0.2) is 11.7 Å². The smallest absolute Gasteiger partial charge is 0.159 e. The highest BCUT2D eigenvalue weighted by molar-refractivity contribution is 6.14. The molecule has 0 saturated heterocycles. The number of aliphatic imine (C=N–C) groups is 2. The second kappa shape index (κ2) is 11.8. The van der Waals surface area contributed by atoms with Crippen LogP contribution in [0.1, 0.15) is 22.9 Å². The van der Waals surface area contributed by atoms with Crippen molar-refractivity contribution in [1.29, 1.82) is 0 Å². The van der Waals surface area contributed by atoms with Gasteiger partial charge in [-0.15, -0.1) is 0 Å². The van der Waals surface area contributed by atoms with Gasteiger partial charge in [0.05, 0.1) is 0 Å². The van der Waals surface area contributed by atoms with Gasteiger partial charge in [0, 0.05) is 11.1 Å². The van der Waals surface area contributed by atoms with E-state index in [-0.39, 0.29) is 6.17 Å². The Morgan fingerprint density at radius 3 is 1.54 bits per heavy atom. The van der Waals surface area contributed by atoms with Gasteiger partial charge in [0.1, 0.15) is 12.0 Å². The Morgan fingerprint density at radius 2 is 0.812 bits per heavy atom. The fraction of sp³-hybridized carbons (Fsp3) is 0.0222. The van der Waals surface area contributed by atoms with Crippen LogP contribution in [0.25, 0.3) is 54.6 Å². The maximum absolute atomic E-state index is 5.19. The molecular formula is C45H31N3. The van der Waals surface area contributed by atoms with Crippen LogP contribution in [-0.2, 0) is 0 Å². The molecular weight excluding hydrogens is 583 g/mol. The zero-order valence-electron chi connectivity index (χ0n) is 26.2. The molecule has 0 bridgehead atoms. The molecule has 1 unspecified atom stereocenters. The first-order chi connectivity index (χ1) is 23.7. The summed E-state index contributed by atoms with van der Waals surface area (Å²) in [6, 6.07) is 62.5. The Balaban J connectivity index is 1.09. The van der Waals surface area contributed by atoms with E-state index in [0.717, 1.165) is 33.7 Å². The summed E-state index contributed by atoms with van der Waals surface area (Å²) in [5.41, 5.74) is 7.98. The van der Waals surface area contributed by atoms with Crippen LogP contribution in [0.15, 0.2) is 186 Å². The van der Waals surface area contributed by atoms with E-state index >= 15 is 0 Å². The van der Waals surface area contributed by atoms with Crippen LogP contribution in [0.5, 0.6) is 0 Å². The SMILES string of the molecule is c1ccc(-c2ccc(-c3ccc4cc(C5=NC(c6ccc7ccccc7c6)NC(c6ccc7ccccc7c6)=N5)ccc4c3)cc2)cc1. The van der Waals surface area contributed by atoms with Crippen molar-refractivity contribution in [3.8, 4) is 22.3 Å². The normalized spacial score (nSPS) is 14.5. The van der Waals surface area contributed by atoms with Gasteiger partial charge in [-0.25, -0.2) is 9.98 Å². The fourth-order valence-electron chi connectivity index (χ4n) is 6.66. The van der Waals surface area contributed by atoms with Crippen molar-refractivity contribution in [3.05, 3.63) is 193 Å². The summed E-state index contributed by atoms with van der Waals surface area (Å²) >= 11 is 0. The predicted octanol–water partition coefficient (Wildman–Crippen LogP) is 11.0. The number of rotatable bonds is 5. The summed E-state index contributed by atoms with van der Waals surface area (Å²) < 4.78 is 0. The van der Waals surface area contributed by atoms with Crippen molar-refractivity contribution in [3.63, 3.8) is 0 Å². The highest BCUT2D eigenvalue weighted by Crippen LogP contribution is 2.30. The van der Waals surface area contributed by atoms with Crippen LogP contribution >= 0.6 is 0 Å². The van der Waals surface area contributed by atoms with Gasteiger partial charge >= 0.3 is 0 Å². The Labute approximate surface area is 279 Å². The van der Waals surface area contributed by atoms with Gasteiger partial charge in [0.25, 0.3) is 0 Å². The first-order valence-corrected chi connectivity index (χ1v) is 16.3. The maximum Gasteiger partial charge on any atom is 0.159 e. The zero-order valence-corrected chi connectivity index (χ0v) is 26.2. The number of fused-ring (bicyclic) bond motifs is 3. The van der Waals surface area contributed by atoms with E-state index in [2.05, 4.69) is 181 Å². The summed E-state index contributed by atoms with van der Waals surface area (Å²) in [5, 5.41) is 10.8. The maximum atomic E-state index is 5.19. The van der Waals surface area contributed by atoms with E-state index < -0.39 is 0 Å². The molecule has 0 amide bonds. The van der Waals surface area contributed by atoms with Gasteiger partial charge in [-0.1, -0.05) is 152 Å². The molecule has 1 heterocycles. The largest absolute Gasteiger partial charge is 0.344 e. The molecule has 8 aromatic carbocycles. The molecule has 48 heavy (non-hydrogen) atoms. The van der Waals surface area contributed by atoms with Crippen LogP contribution in [0, 0.1) is 0 Å². The summed E-state index contributed by atoms with van der Waals surface area (Å²) in [5.74, 6) is 1.54. The van der Waals surface area contributed by atoms with E-state index in [0.29, 0.717) is 0 Å². The van der Waals surface area contributed by atoms with E-state index in [1.807, 2.05) is 0 Å². The molecule has 0 spiro atoms. The van der Waals surface area contributed by atoms with E-state index in [1.165, 1.54) is 49.2 Å². The lowest BCUT2D eigenvalue weighted by Crippen LogP contribution is -2.33. The van der Waals surface area contributed by atoms with Crippen molar-refractivity contribution < 1.29 is 0 Å². The van der Waals surface area contributed by atoms with Gasteiger partial charge in [0.15, 0.2) is 5.84 Å². The Morgan fingerprint density at radius 1 is 0.354 bits per heavy atom. The van der Waals surface area contributed by atoms with Crippen molar-refractivity contribution in [2.75, 3.05) is 0 Å². The first-order valence-electron chi connectivity index (χ1n) is 16.3. The third kappa shape index (κ3) is 5.32. The number of benzene rings is 8. The number of hydrogen-bond donors (Lipinski definition) is 1. The molecule has 0 aliphatic carbocycles. The van der Waals surface area contributed by atoms with Crippen molar-refractivity contribution in [1.82, 2.24) is 5.32 Å². The second-order valence-electron chi connectivity index (χ2n) is 12.3. The monoisotopic (exact) mass is 613 g/mol. The lowest BCUT2D eigenvalue weighted by Gasteiger charge is -2.24. The van der Waals surface area contributed by atoms with Gasteiger partial charge in [-0.05, 0) is 84.4 Å². The highest BCUT2D eigenvalue weighted by atomic mass is 15.2. The summed E-state index contributed by atoms with van der Waals surface area (Å²) in [4.78, 5) is 10.3. The molecule has 1 aliphatic rings. The summed E-state index contributed by atoms with van der Waals surface area (Å²) in [6.07, 6.45) is -0.277. The van der Waals surface area contributed by atoms with Gasteiger partial charge < -0.3 is 5.32 Å². The third-order valence-electron chi connectivity index (χ3n) is 9.28. The third-order valence-corrected chi connectivity index (χ3v) is 9.28. The molecule has 0 aromatic heterocycles. The quantitative estimate of drug-likeness (QED) is 0.206. The van der Waals surface area contributed by atoms with Gasteiger partial charge in [-0.3, -0.25) is 0 Å². The van der Waals surface area contributed by atoms with E-state index in [1.54, 1.807) is 0 Å². The Hall–Kier alpha value is -6.32. The van der Waals surface area contributed by atoms with E-state index in [4.69, 9.17) is 9.98 Å². The molecule has 3 nitrogen and oxygen atoms in total.